The first-order chi connectivity index (χ1) is 13.7. The van der Waals surface area contributed by atoms with E-state index >= 15 is 0 Å². The van der Waals surface area contributed by atoms with Crippen molar-refractivity contribution < 1.29 is 4.39 Å². The molecule has 0 aliphatic heterocycles. The normalized spacial score (nSPS) is 11.2. The molecule has 136 valence electrons. The lowest BCUT2D eigenvalue weighted by Crippen LogP contribution is -2.03. The van der Waals surface area contributed by atoms with Crippen molar-refractivity contribution in [2.24, 2.45) is 7.05 Å². The summed E-state index contributed by atoms with van der Waals surface area (Å²) in [7, 11) is 1.78. The van der Waals surface area contributed by atoms with Crippen molar-refractivity contribution in [3.8, 4) is 11.4 Å². The van der Waals surface area contributed by atoms with Crippen LogP contribution in [0.25, 0.3) is 33.2 Å². The Labute approximate surface area is 160 Å². The van der Waals surface area contributed by atoms with Crippen LogP contribution in [0.3, 0.4) is 0 Å². The molecule has 2 heterocycles. The van der Waals surface area contributed by atoms with E-state index in [2.05, 4.69) is 10.4 Å². The van der Waals surface area contributed by atoms with Gasteiger partial charge < -0.3 is 5.32 Å². The molecular weight excluding hydrogens is 353 g/mol. The number of hydrogen-bond acceptors (Lipinski definition) is 4. The van der Waals surface area contributed by atoms with E-state index < -0.39 is 0 Å². The molecule has 2 aromatic heterocycles. The summed E-state index contributed by atoms with van der Waals surface area (Å²) in [5.74, 6) is 1.61. The van der Waals surface area contributed by atoms with E-state index in [0.717, 1.165) is 16.5 Å². The molecule has 28 heavy (non-hydrogen) atoms. The van der Waals surface area contributed by atoms with Gasteiger partial charge in [-0.2, -0.15) is 5.10 Å². The highest BCUT2D eigenvalue weighted by Crippen LogP contribution is 2.31. The van der Waals surface area contributed by atoms with E-state index in [-0.39, 0.29) is 5.82 Å². The van der Waals surface area contributed by atoms with E-state index in [1.807, 2.05) is 60.7 Å². The summed E-state index contributed by atoms with van der Waals surface area (Å²) < 4.78 is 15.8. The minimum atomic E-state index is -0.348. The molecule has 0 amide bonds. The number of rotatable bonds is 3. The van der Waals surface area contributed by atoms with Gasteiger partial charge in [0.25, 0.3) is 0 Å². The Morgan fingerprint density at radius 2 is 1.57 bits per heavy atom. The number of halogens is 1. The van der Waals surface area contributed by atoms with Gasteiger partial charge in [-0.25, -0.2) is 14.4 Å². The fourth-order valence-corrected chi connectivity index (χ4v) is 3.33. The molecule has 3 aromatic carbocycles. The maximum absolute atomic E-state index is 14.1. The lowest BCUT2D eigenvalue weighted by molar-refractivity contribution is 0.632. The molecule has 0 fully saturated rings. The molecular formula is C22H16FN5. The first-order valence-corrected chi connectivity index (χ1v) is 8.91. The molecule has 1 N–H and O–H groups in total. The Balaban J connectivity index is 1.71. The van der Waals surface area contributed by atoms with Crippen molar-refractivity contribution in [1.82, 2.24) is 19.7 Å². The predicted octanol–water partition coefficient (Wildman–Crippen LogP) is 5.07. The second kappa shape index (κ2) is 6.42. The van der Waals surface area contributed by atoms with E-state index in [0.29, 0.717) is 28.4 Å². The zero-order valence-corrected chi connectivity index (χ0v) is 15.1. The van der Waals surface area contributed by atoms with Gasteiger partial charge in [-0.15, -0.1) is 0 Å². The molecule has 5 nitrogen and oxygen atoms in total. The molecule has 0 aliphatic carbocycles. The van der Waals surface area contributed by atoms with Crippen LogP contribution < -0.4 is 5.32 Å². The summed E-state index contributed by atoms with van der Waals surface area (Å²) in [5.41, 5.74) is 2.09. The molecule has 5 aromatic rings. The van der Waals surface area contributed by atoms with Gasteiger partial charge in [-0.05, 0) is 24.3 Å². The number of hydrogen-bond donors (Lipinski definition) is 1. The minimum absolute atomic E-state index is 0.328. The van der Waals surface area contributed by atoms with Crippen molar-refractivity contribution in [3.63, 3.8) is 0 Å². The molecule has 0 atom stereocenters. The topological polar surface area (TPSA) is 55.6 Å². The largest absolute Gasteiger partial charge is 0.324 e. The molecule has 5 rings (SSSR count). The second-order valence-electron chi connectivity index (χ2n) is 6.51. The summed E-state index contributed by atoms with van der Waals surface area (Å²) in [6, 6.07) is 22.6. The maximum atomic E-state index is 14.1. The molecule has 0 unspecified atom stereocenters. The van der Waals surface area contributed by atoms with E-state index in [9.17, 15) is 4.39 Å². The molecule has 0 spiro atoms. The molecule has 0 saturated carbocycles. The smallest absolute Gasteiger partial charge is 0.162 e. The summed E-state index contributed by atoms with van der Waals surface area (Å²) in [6.45, 7) is 0. The monoisotopic (exact) mass is 369 g/mol. The highest BCUT2D eigenvalue weighted by Gasteiger charge is 2.15. The number of aromatic nitrogens is 4. The number of benzene rings is 3. The van der Waals surface area contributed by atoms with Crippen LogP contribution in [0.2, 0.25) is 0 Å². The van der Waals surface area contributed by atoms with Crippen molar-refractivity contribution in [1.29, 1.82) is 0 Å². The van der Waals surface area contributed by atoms with E-state index in [1.165, 1.54) is 6.07 Å². The third-order valence-corrected chi connectivity index (χ3v) is 4.69. The van der Waals surface area contributed by atoms with Crippen molar-refractivity contribution in [3.05, 3.63) is 78.6 Å². The van der Waals surface area contributed by atoms with E-state index in [1.54, 1.807) is 17.8 Å². The Morgan fingerprint density at radius 1 is 0.821 bits per heavy atom. The van der Waals surface area contributed by atoms with Crippen LogP contribution in [0, 0.1) is 5.82 Å². The number of aryl methyl sites for hydroxylation is 1. The fraction of sp³-hybridized carbons (Fsp3) is 0.0455. The Kier molecular flexibility index (Phi) is 3.76. The lowest BCUT2D eigenvalue weighted by atomic mass is 10.2. The van der Waals surface area contributed by atoms with Gasteiger partial charge in [0.2, 0.25) is 0 Å². The minimum Gasteiger partial charge on any atom is -0.324 e. The van der Waals surface area contributed by atoms with Gasteiger partial charge in [-0.3, -0.25) is 4.68 Å². The summed E-state index contributed by atoms with van der Waals surface area (Å²) in [4.78, 5) is 9.46. The number of fused-ring (bicyclic) bond motifs is 2. The standard InChI is InChI=1S/C22H16FN5/c1-28-22(16-11-7-12-17(23)19(16)27-28)26-21-15-10-5-6-13-18(15)24-20(25-21)14-8-3-2-4-9-14/h2-13H,1H3,(H,24,25,26). The summed E-state index contributed by atoms with van der Waals surface area (Å²) in [6.07, 6.45) is 0. The predicted molar refractivity (Wildman–Crippen MR) is 109 cm³/mol. The number of anilines is 2. The van der Waals surface area contributed by atoms with Crippen molar-refractivity contribution in [2.75, 3.05) is 5.32 Å². The highest BCUT2D eigenvalue weighted by atomic mass is 19.1. The van der Waals surface area contributed by atoms with Crippen molar-refractivity contribution in [2.45, 2.75) is 0 Å². The summed E-state index contributed by atoms with van der Waals surface area (Å²) >= 11 is 0. The fourth-order valence-electron chi connectivity index (χ4n) is 3.33. The molecule has 0 bridgehead atoms. The van der Waals surface area contributed by atoms with E-state index in [4.69, 9.17) is 9.97 Å². The van der Waals surface area contributed by atoms with Crippen LogP contribution in [0.1, 0.15) is 0 Å². The second-order valence-corrected chi connectivity index (χ2v) is 6.51. The third kappa shape index (κ3) is 2.66. The number of para-hydroxylation sites is 1. The van der Waals surface area contributed by atoms with Gasteiger partial charge in [0, 0.05) is 23.4 Å². The zero-order chi connectivity index (χ0) is 19.1. The van der Waals surface area contributed by atoms with Crippen LogP contribution in [0.5, 0.6) is 0 Å². The average Bonchev–Trinajstić information content (AvgIpc) is 3.05. The number of nitrogens with zero attached hydrogens (tertiary/aromatic N) is 4. The molecule has 0 radical (unpaired) electrons. The van der Waals surface area contributed by atoms with Crippen LogP contribution in [-0.2, 0) is 7.05 Å². The SMILES string of the molecule is Cn1nc2c(F)cccc2c1Nc1nc(-c2ccccc2)nc2ccccc12. The zero-order valence-electron chi connectivity index (χ0n) is 15.1. The molecule has 0 saturated heterocycles. The Bertz CT molecular complexity index is 1310. The highest BCUT2D eigenvalue weighted by molar-refractivity contribution is 5.97. The lowest BCUT2D eigenvalue weighted by Gasteiger charge is -2.11. The first-order valence-electron chi connectivity index (χ1n) is 8.91. The molecule has 0 aliphatic rings. The average molecular weight is 369 g/mol. The van der Waals surface area contributed by atoms with Gasteiger partial charge in [0.05, 0.1) is 5.52 Å². The van der Waals surface area contributed by atoms with Gasteiger partial charge in [-0.1, -0.05) is 48.5 Å². The molecule has 6 heteroatoms. The number of nitrogens with one attached hydrogen (secondary N) is 1. The van der Waals surface area contributed by atoms with Crippen LogP contribution in [-0.4, -0.2) is 19.7 Å². The van der Waals surface area contributed by atoms with Crippen LogP contribution in [0.15, 0.2) is 72.8 Å². The van der Waals surface area contributed by atoms with Gasteiger partial charge in [0.15, 0.2) is 11.6 Å². The third-order valence-electron chi connectivity index (χ3n) is 4.69. The quantitative estimate of drug-likeness (QED) is 0.483. The van der Waals surface area contributed by atoms with Crippen molar-refractivity contribution >= 4 is 33.4 Å². The summed E-state index contributed by atoms with van der Waals surface area (Å²) in [5, 5.41) is 9.25. The maximum Gasteiger partial charge on any atom is 0.162 e. The van der Waals surface area contributed by atoms with Gasteiger partial charge >= 0.3 is 0 Å². The Hall–Kier alpha value is -3.80. The Morgan fingerprint density at radius 3 is 2.43 bits per heavy atom. The van der Waals surface area contributed by atoms with Crippen LogP contribution in [0.4, 0.5) is 16.0 Å². The van der Waals surface area contributed by atoms with Crippen LogP contribution >= 0.6 is 0 Å². The van der Waals surface area contributed by atoms with Gasteiger partial charge in [0.1, 0.15) is 17.2 Å². The first kappa shape index (κ1) is 16.4.